The molecular weight excluding hydrogens is 272 g/mol. The lowest BCUT2D eigenvalue weighted by Crippen LogP contribution is -2.33. The number of rotatable bonds is 16. The van der Waals surface area contributed by atoms with Crippen LogP contribution in [0.25, 0.3) is 0 Å². The first kappa shape index (κ1) is 21.8. The Morgan fingerprint density at radius 3 is 1.77 bits per heavy atom. The Kier molecular flexibility index (Phi) is 15.6. The molecule has 0 fully saturated rings. The summed E-state index contributed by atoms with van der Waals surface area (Å²) in [7, 11) is 0. The van der Waals surface area contributed by atoms with Gasteiger partial charge in [0.25, 0.3) is 0 Å². The molecule has 0 radical (unpaired) electrons. The average molecular weight is 315 g/mol. The van der Waals surface area contributed by atoms with Gasteiger partial charge in [-0.2, -0.15) is 0 Å². The van der Waals surface area contributed by atoms with Gasteiger partial charge in [0.2, 0.25) is 0 Å². The minimum absolute atomic E-state index is 0.618. The van der Waals surface area contributed by atoms with Crippen molar-refractivity contribution in [3.8, 4) is 0 Å². The standard InChI is InChI=1S/C18H42N4/c1-6-16(3)15-22-18(5)10-14-20-12-8-11-19-13-9-17(4)21-7-2/h16-22H,6-15H2,1-5H3. The van der Waals surface area contributed by atoms with Crippen LogP contribution in [-0.4, -0.2) is 51.4 Å². The predicted molar refractivity (Wildman–Crippen MR) is 99.6 cm³/mol. The Bertz CT molecular complexity index is 223. The van der Waals surface area contributed by atoms with Gasteiger partial charge in [0.1, 0.15) is 0 Å². The summed E-state index contributed by atoms with van der Waals surface area (Å²) in [5.41, 5.74) is 0. The maximum absolute atomic E-state index is 3.61. The molecule has 134 valence electrons. The molecule has 4 nitrogen and oxygen atoms in total. The fraction of sp³-hybridized carbons (Fsp3) is 1.00. The molecule has 0 aliphatic carbocycles. The van der Waals surface area contributed by atoms with E-state index in [-0.39, 0.29) is 0 Å². The second-order valence-corrected chi connectivity index (χ2v) is 6.71. The molecule has 0 amide bonds. The summed E-state index contributed by atoms with van der Waals surface area (Å²) in [4.78, 5) is 0. The van der Waals surface area contributed by atoms with Crippen molar-refractivity contribution < 1.29 is 0 Å². The van der Waals surface area contributed by atoms with Gasteiger partial charge in [-0.25, -0.2) is 0 Å². The summed E-state index contributed by atoms with van der Waals surface area (Å²) in [5.74, 6) is 0.789. The summed E-state index contributed by atoms with van der Waals surface area (Å²) >= 11 is 0. The lowest BCUT2D eigenvalue weighted by molar-refractivity contribution is 0.429. The van der Waals surface area contributed by atoms with E-state index in [1.165, 1.54) is 25.7 Å². The van der Waals surface area contributed by atoms with Gasteiger partial charge in [0.15, 0.2) is 0 Å². The van der Waals surface area contributed by atoms with Crippen molar-refractivity contribution in [2.45, 2.75) is 72.4 Å². The molecule has 0 saturated heterocycles. The van der Waals surface area contributed by atoms with Gasteiger partial charge in [-0.1, -0.05) is 27.2 Å². The fourth-order valence-electron chi connectivity index (χ4n) is 2.32. The molecule has 0 heterocycles. The fourth-order valence-corrected chi connectivity index (χ4v) is 2.32. The molecule has 22 heavy (non-hydrogen) atoms. The van der Waals surface area contributed by atoms with Crippen LogP contribution in [0.2, 0.25) is 0 Å². The highest BCUT2D eigenvalue weighted by atomic mass is 14.9. The van der Waals surface area contributed by atoms with Crippen molar-refractivity contribution in [2.24, 2.45) is 5.92 Å². The molecule has 0 saturated carbocycles. The summed E-state index contributed by atoms with van der Waals surface area (Å²) < 4.78 is 0. The van der Waals surface area contributed by atoms with E-state index < -0.39 is 0 Å². The third-order valence-electron chi connectivity index (χ3n) is 4.28. The first-order valence-corrected chi connectivity index (χ1v) is 9.48. The highest BCUT2D eigenvalue weighted by Crippen LogP contribution is 1.99. The third kappa shape index (κ3) is 14.8. The zero-order valence-corrected chi connectivity index (χ0v) is 15.8. The van der Waals surface area contributed by atoms with Gasteiger partial charge in [-0.15, -0.1) is 0 Å². The highest BCUT2D eigenvalue weighted by Gasteiger charge is 2.03. The predicted octanol–water partition coefficient (Wildman–Crippen LogP) is 2.36. The van der Waals surface area contributed by atoms with E-state index in [0.29, 0.717) is 12.1 Å². The van der Waals surface area contributed by atoms with E-state index in [1.54, 1.807) is 0 Å². The molecule has 0 rings (SSSR count). The molecule has 0 aliphatic rings. The van der Waals surface area contributed by atoms with Gasteiger partial charge in [-0.3, -0.25) is 0 Å². The normalized spacial score (nSPS) is 15.7. The van der Waals surface area contributed by atoms with Crippen molar-refractivity contribution in [3.05, 3.63) is 0 Å². The quantitative estimate of drug-likeness (QED) is 0.330. The molecule has 0 aromatic heterocycles. The molecule has 0 aliphatic heterocycles. The van der Waals surface area contributed by atoms with Gasteiger partial charge >= 0.3 is 0 Å². The molecule has 0 spiro atoms. The molecule has 0 aromatic rings. The van der Waals surface area contributed by atoms with Gasteiger partial charge in [0.05, 0.1) is 0 Å². The van der Waals surface area contributed by atoms with E-state index in [4.69, 9.17) is 0 Å². The van der Waals surface area contributed by atoms with Crippen LogP contribution in [-0.2, 0) is 0 Å². The molecule has 4 N–H and O–H groups in total. The van der Waals surface area contributed by atoms with Gasteiger partial charge in [-0.05, 0) is 78.3 Å². The SMILES string of the molecule is CCNC(C)CCNCCCNCCC(C)NCC(C)CC. The van der Waals surface area contributed by atoms with Crippen LogP contribution in [0.15, 0.2) is 0 Å². The lowest BCUT2D eigenvalue weighted by atomic mass is 10.1. The van der Waals surface area contributed by atoms with E-state index >= 15 is 0 Å². The zero-order valence-electron chi connectivity index (χ0n) is 15.8. The Balaban J connectivity index is 3.23. The van der Waals surface area contributed by atoms with Gasteiger partial charge < -0.3 is 21.3 Å². The van der Waals surface area contributed by atoms with Gasteiger partial charge in [0, 0.05) is 12.1 Å². The Morgan fingerprint density at radius 2 is 1.27 bits per heavy atom. The maximum atomic E-state index is 3.61. The second-order valence-electron chi connectivity index (χ2n) is 6.71. The van der Waals surface area contributed by atoms with Crippen molar-refractivity contribution in [1.82, 2.24) is 21.3 Å². The average Bonchev–Trinajstić information content (AvgIpc) is 2.51. The van der Waals surface area contributed by atoms with E-state index in [9.17, 15) is 0 Å². The summed E-state index contributed by atoms with van der Waals surface area (Å²) in [6, 6.07) is 1.24. The highest BCUT2D eigenvalue weighted by molar-refractivity contribution is 4.65. The van der Waals surface area contributed by atoms with E-state index in [2.05, 4.69) is 55.9 Å². The van der Waals surface area contributed by atoms with Crippen LogP contribution in [0.3, 0.4) is 0 Å². The smallest absolute Gasteiger partial charge is 0.00509 e. The molecule has 0 aromatic carbocycles. The minimum Gasteiger partial charge on any atom is -0.317 e. The van der Waals surface area contributed by atoms with Crippen LogP contribution in [0.5, 0.6) is 0 Å². The van der Waals surface area contributed by atoms with E-state index in [1.807, 2.05) is 0 Å². The lowest BCUT2D eigenvalue weighted by Gasteiger charge is -2.17. The monoisotopic (exact) mass is 314 g/mol. The first-order valence-electron chi connectivity index (χ1n) is 9.48. The van der Waals surface area contributed by atoms with Crippen LogP contribution in [0.1, 0.15) is 60.3 Å². The first-order chi connectivity index (χ1) is 10.6. The molecule has 3 atom stereocenters. The van der Waals surface area contributed by atoms with E-state index in [0.717, 1.165) is 45.2 Å². The number of hydrogen-bond donors (Lipinski definition) is 4. The molecule has 3 unspecified atom stereocenters. The number of hydrogen-bond acceptors (Lipinski definition) is 4. The molecule has 4 heteroatoms. The molecule has 0 bridgehead atoms. The van der Waals surface area contributed by atoms with Crippen molar-refractivity contribution in [1.29, 1.82) is 0 Å². The summed E-state index contributed by atoms with van der Waals surface area (Å²) in [6.45, 7) is 18.0. The topological polar surface area (TPSA) is 48.1 Å². The second kappa shape index (κ2) is 15.7. The Labute approximate surface area is 139 Å². The van der Waals surface area contributed by atoms with Crippen LogP contribution < -0.4 is 21.3 Å². The largest absolute Gasteiger partial charge is 0.317 e. The zero-order chi connectivity index (χ0) is 16.6. The summed E-state index contributed by atoms with van der Waals surface area (Å²) in [6.07, 6.45) is 4.90. The summed E-state index contributed by atoms with van der Waals surface area (Å²) in [5, 5.41) is 14.1. The minimum atomic E-state index is 0.618. The van der Waals surface area contributed by atoms with Crippen LogP contribution in [0, 0.1) is 5.92 Å². The Morgan fingerprint density at radius 1 is 0.727 bits per heavy atom. The molecular formula is C18H42N4. The maximum Gasteiger partial charge on any atom is 0.00509 e. The van der Waals surface area contributed by atoms with Crippen molar-refractivity contribution >= 4 is 0 Å². The van der Waals surface area contributed by atoms with Crippen molar-refractivity contribution in [3.63, 3.8) is 0 Å². The van der Waals surface area contributed by atoms with Crippen molar-refractivity contribution in [2.75, 3.05) is 39.3 Å². The number of nitrogens with one attached hydrogen (secondary N) is 4. The van der Waals surface area contributed by atoms with Crippen LogP contribution in [0.4, 0.5) is 0 Å². The Hall–Kier alpha value is -0.160. The van der Waals surface area contributed by atoms with Crippen LogP contribution >= 0.6 is 0 Å². The third-order valence-corrected chi connectivity index (χ3v) is 4.28.